The molecule has 0 aromatic rings. The number of hydrogen-bond acceptors (Lipinski definition) is 4. The summed E-state index contributed by atoms with van der Waals surface area (Å²) in [5.74, 6) is -0.825. The number of carbonyl (C=O) groups is 1. The van der Waals surface area contributed by atoms with E-state index in [0.717, 1.165) is 12.0 Å². The van der Waals surface area contributed by atoms with Gasteiger partial charge in [0, 0.05) is 0 Å². The summed E-state index contributed by atoms with van der Waals surface area (Å²) < 4.78 is 28.3. The summed E-state index contributed by atoms with van der Waals surface area (Å²) in [4.78, 5) is 11.3. The quantitative estimate of drug-likeness (QED) is 0.423. The minimum Gasteiger partial charge on any atom is -0.465 e. The number of ether oxygens (including phenoxy) is 1. The highest BCUT2D eigenvalue weighted by atomic mass is 32.2. The highest BCUT2D eigenvalue weighted by Gasteiger charge is 2.23. The van der Waals surface area contributed by atoms with Crippen LogP contribution < -0.4 is 0 Å². The third-order valence-electron chi connectivity index (χ3n) is 2.52. The van der Waals surface area contributed by atoms with Crippen LogP contribution in [-0.2, 0) is 19.4 Å². The third kappa shape index (κ3) is 4.49. The zero-order chi connectivity index (χ0) is 14.3. The summed E-state index contributed by atoms with van der Waals surface area (Å²) in [6.45, 7) is 8.85. The number of hydrogen-bond donors (Lipinski definition) is 0. The van der Waals surface area contributed by atoms with Crippen LogP contribution >= 0.6 is 0 Å². The molecule has 0 aliphatic carbocycles. The van der Waals surface area contributed by atoms with Crippen molar-refractivity contribution < 1.29 is 17.9 Å². The van der Waals surface area contributed by atoms with Crippen molar-refractivity contribution in [3.05, 3.63) is 34.8 Å². The fraction of sp³-hybridized carbons (Fsp3) is 0.462. The molecule has 0 heterocycles. The summed E-state index contributed by atoms with van der Waals surface area (Å²) >= 11 is 0. The molecule has 0 bridgehead atoms. The van der Waals surface area contributed by atoms with Crippen LogP contribution in [0, 0.1) is 0 Å². The molecule has 0 aromatic carbocycles. The number of sulfone groups is 1. The smallest absolute Gasteiger partial charge is 0.338 e. The Morgan fingerprint density at radius 3 is 2.22 bits per heavy atom. The molecule has 18 heavy (non-hydrogen) atoms. The topological polar surface area (TPSA) is 60.4 Å². The minimum atomic E-state index is -3.50. The van der Waals surface area contributed by atoms with Gasteiger partial charge in [-0.1, -0.05) is 32.1 Å². The molecule has 0 saturated heterocycles. The molecule has 0 rings (SSSR count). The van der Waals surface area contributed by atoms with E-state index in [9.17, 15) is 13.2 Å². The number of esters is 1. The Labute approximate surface area is 109 Å². The lowest BCUT2D eigenvalue weighted by molar-refractivity contribution is -0.135. The van der Waals surface area contributed by atoms with E-state index in [1.807, 2.05) is 13.8 Å². The van der Waals surface area contributed by atoms with E-state index < -0.39 is 15.8 Å². The van der Waals surface area contributed by atoms with Gasteiger partial charge in [0.2, 0.25) is 0 Å². The van der Waals surface area contributed by atoms with Gasteiger partial charge in [-0.05, 0) is 19.4 Å². The summed E-state index contributed by atoms with van der Waals surface area (Å²) in [6.07, 6.45) is 3.90. The highest BCUT2D eigenvalue weighted by molar-refractivity contribution is 7.95. The molecule has 0 N–H and O–H groups in total. The Balaban J connectivity index is 5.62. The van der Waals surface area contributed by atoms with Gasteiger partial charge in [-0.3, -0.25) is 0 Å². The normalized spacial score (nSPS) is 13.3. The van der Waals surface area contributed by atoms with E-state index in [-0.39, 0.29) is 16.2 Å². The van der Waals surface area contributed by atoms with E-state index in [2.05, 4.69) is 11.3 Å². The van der Waals surface area contributed by atoms with Crippen molar-refractivity contribution in [2.75, 3.05) is 12.9 Å². The maximum atomic E-state index is 11.9. The predicted molar refractivity (Wildman–Crippen MR) is 72.7 cm³/mol. The van der Waals surface area contributed by atoms with Crippen LogP contribution in [0.25, 0.3) is 0 Å². The Kier molecular flexibility index (Phi) is 6.62. The molecule has 0 atom stereocenters. The second kappa shape index (κ2) is 7.16. The predicted octanol–water partition coefficient (Wildman–Crippen LogP) is 2.39. The first-order valence-corrected chi connectivity index (χ1v) is 7.33. The SMILES string of the molecule is C=C(C(=O)OC)/C(=C\C=C(/C)CC)S(=O)(=O)CC. The standard InChI is InChI=1S/C13H20O4S/c1-6-10(3)8-9-12(18(15,16)7-2)11(4)13(14)17-5/h8-9H,4,6-7H2,1-3,5H3/b10-8+,12-9+. The fourth-order valence-electron chi connectivity index (χ4n) is 1.11. The van der Waals surface area contributed by atoms with Gasteiger partial charge in [-0.25, -0.2) is 13.2 Å². The van der Waals surface area contributed by atoms with Gasteiger partial charge in [-0.15, -0.1) is 0 Å². The zero-order valence-corrected chi connectivity index (χ0v) is 12.1. The van der Waals surface area contributed by atoms with E-state index in [4.69, 9.17) is 0 Å². The average Bonchev–Trinajstić information content (AvgIpc) is 2.36. The van der Waals surface area contributed by atoms with Crippen LogP contribution in [0.1, 0.15) is 27.2 Å². The molecule has 102 valence electrons. The van der Waals surface area contributed by atoms with Crippen molar-refractivity contribution in [3.8, 4) is 0 Å². The highest BCUT2D eigenvalue weighted by Crippen LogP contribution is 2.18. The van der Waals surface area contributed by atoms with Gasteiger partial charge in [0.05, 0.1) is 23.3 Å². The summed E-state index contributed by atoms with van der Waals surface area (Å²) in [5.41, 5.74) is 0.871. The van der Waals surface area contributed by atoms with Gasteiger partial charge in [0.25, 0.3) is 0 Å². The molecule has 0 amide bonds. The van der Waals surface area contributed by atoms with Crippen LogP contribution in [0.2, 0.25) is 0 Å². The fourth-order valence-corrected chi connectivity index (χ4v) is 2.15. The lowest BCUT2D eigenvalue weighted by Gasteiger charge is -2.08. The largest absolute Gasteiger partial charge is 0.465 e. The summed E-state index contributed by atoms with van der Waals surface area (Å²) in [7, 11) is -2.31. The number of rotatable bonds is 6. The molecule has 0 unspecified atom stereocenters. The van der Waals surface area contributed by atoms with Gasteiger partial charge in [0.15, 0.2) is 9.84 Å². The average molecular weight is 272 g/mol. The van der Waals surface area contributed by atoms with Gasteiger partial charge >= 0.3 is 5.97 Å². The molecule has 0 aliphatic rings. The lowest BCUT2D eigenvalue weighted by Crippen LogP contribution is -2.14. The molecule has 0 radical (unpaired) electrons. The van der Waals surface area contributed by atoms with E-state index in [1.54, 1.807) is 6.08 Å². The van der Waals surface area contributed by atoms with Crippen LogP contribution in [-0.4, -0.2) is 27.2 Å². The van der Waals surface area contributed by atoms with Gasteiger partial charge in [0.1, 0.15) is 0 Å². The maximum Gasteiger partial charge on any atom is 0.338 e. The van der Waals surface area contributed by atoms with Crippen LogP contribution in [0.4, 0.5) is 0 Å². The van der Waals surface area contributed by atoms with Crippen molar-refractivity contribution >= 4 is 15.8 Å². The van der Waals surface area contributed by atoms with Crippen LogP contribution in [0.5, 0.6) is 0 Å². The molecule has 0 saturated carbocycles. The maximum absolute atomic E-state index is 11.9. The van der Waals surface area contributed by atoms with Crippen molar-refractivity contribution in [1.82, 2.24) is 0 Å². The van der Waals surface area contributed by atoms with Crippen molar-refractivity contribution in [3.63, 3.8) is 0 Å². The minimum absolute atomic E-state index is 0.0790. The summed E-state index contributed by atoms with van der Waals surface area (Å²) in [5, 5.41) is 0. The van der Waals surface area contributed by atoms with Crippen molar-refractivity contribution in [2.45, 2.75) is 27.2 Å². The molecule has 5 heteroatoms. The first kappa shape index (κ1) is 16.6. The van der Waals surface area contributed by atoms with Crippen molar-refractivity contribution in [1.29, 1.82) is 0 Å². The Morgan fingerprint density at radius 2 is 1.83 bits per heavy atom. The first-order chi connectivity index (χ1) is 8.30. The first-order valence-electron chi connectivity index (χ1n) is 5.67. The monoisotopic (exact) mass is 272 g/mol. The lowest BCUT2D eigenvalue weighted by atomic mass is 10.2. The molecular weight excluding hydrogens is 252 g/mol. The van der Waals surface area contributed by atoms with E-state index in [0.29, 0.717) is 0 Å². The van der Waals surface area contributed by atoms with Crippen molar-refractivity contribution in [2.24, 2.45) is 0 Å². The summed E-state index contributed by atoms with van der Waals surface area (Å²) in [6, 6.07) is 0. The Morgan fingerprint density at radius 1 is 1.28 bits per heavy atom. The second-order valence-corrected chi connectivity index (χ2v) is 6.02. The number of carbonyl (C=O) groups excluding carboxylic acids is 1. The Hall–Kier alpha value is -1.36. The third-order valence-corrected chi connectivity index (χ3v) is 4.33. The number of allylic oxidation sites excluding steroid dienone is 3. The second-order valence-electron chi connectivity index (χ2n) is 3.77. The van der Waals surface area contributed by atoms with Crippen LogP contribution in [0.3, 0.4) is 0 Å². The van der Waals surface area contributed by atoms with E-state index in [1.165, 1.54) is 20.1 Å². The molecule has 0 fully saturated rings. The zero-order valence-electron chi connectivity index (χ0n) is 11.3. The van der Waals surface area contributed by atoms with Crippen LogP contribution in [0.15, 0.2) is 34.8 Å². The molecule has 0 spiro atoms. The molecular formula is C13H20O4S. The van der Waals surface area contributed by atoms with Gasteiger partial charge in [-0.2, -0.15) is 0 Å². The van der Waals surface area contributed by atoms with E-state index >= 15 is 0 Å². The molecule has 0 aromatic heterocycles. The Bertz CT molecular complexity index is 481. The molecule has 4 nitrogen and oxygen atoms in total. The van der Waals surface area contributed by atoms with Gasteiger partial charge < -0.3 is 4.74 Å². The number of methoxy groups -OCH3 is 1. The molecule has 0 aliphatic heterocycles.